The minimum atomic E-state index is -3.80. The van der Waals surface area contributed by atoms with Crippen molar-refractivity contribution in [1.82, 2.24) is 4.72 Å². The lowest BCUT2D eigenvalue weighted by molar-refractivity contribution is -0.141. The van der Waals surface area contributed by atoms with E-state index in [2.05, 4.69) is 4.72 Å². The second kappa shape index (κ2) is 5.76. The molecule has 0 spiro atoms. The first kappa shape index (κ1) is 16.4. The van der Waals surface area contributed by atoms with Crippen LogP contribution in [-0.4, -0.2) is 36.7 Å². The van der Waals surface area contributed by atoms with Crippen LogP contribution >= 0.6 is 22.9 Å². The second-order valence-corrected chi connectivity index (χ2v) is 8.06. The number of aryl methyl sites for hydroxylation is 1. The highest BCUT2D eigenvalue weighted by Gasteiger charge is 2.27. The average molecular weight is 328 g/mol. The Morgan fingerprint density at radius 1 is 1.58 bits per heavy atom. The second-order valence-electron chi connectivity index (χ2n) is 4.41. The Bertz CT molecular complexity index is 559. The molecule has 0 aliphatic heterocycles. The van der Waals surface area contributed by atoms with E-state index < -0.39 is 34.6 Å². The molecule has 0 radical (unpaired) electrons. The van der Waals surface area contributed by atoms with Crippen LogP contribution in [0.3, 0.4) is 0 Å². The molecular weight excluding hydrogens is 314 g/mol. The van der Waals surface area contributed by atoms with Gasteiger partial charge in [-0.15, -0.1) is 11.3 Å². The van der Waals surface area contributed by atoms with Crippen molar-refractivity contribution in [2.24, 2.45) is 0 Å². The fourth-order valence-electron chi connectivity index (χ4n) is 1.27. The standard InChI is InChI=1S/C10H14ClNO5S2/c1-6-3-8(18-9(6)11)19(16,17)12-5-10(2,15)4-7(13)14/h3,12,15H,4-5H2,1-2H3,(H,13,14). The topological polar surface area (TPSA) is 104 Å². The van der Waals surface area contributed by atoms with Gasteiger partial charge >= 0.3 is 5.97 Å². The summed E-state index contributed by atoms with van der Waals surface area (Å²) in [6, 6.07) is 1.42. The summed E-state index contributed by atoms with van der Waals surface area (Å²) in [7, 11) is -3.80. The smallest absolute Gasteiger partial charge is 0.306 e. The molecule has 0 aliphatic carbocycles. The summed E-state index contributed by atoms with van der Waals surface area (Å²) in [6.45, 7) is 2.53. The summed E-state index contributed by atoms with van der Waals surface area (Å²) >= 11 is 6.70. The van der Waals surface area contributed by atoms with E-state index in [1.165, 1.54) is 13.0 Å². The summed E-state index contributed by atoms with van der Waals surface area (Å²) in [5.41, 5.74) is -1.01. The molecule has 6 nitrogen and oxygen atoms in total. The van der Waals surface area contributed by atoms with Crippen LogP contribution in [0.15, 0.2) is 10.3 Å². The van der Waals surface area contributed by atoms with E-state index in [0.717, 1.165) is 11.3 Å². The number of rotatable bonds is 6. The van der Waals surface area contributed by atoms with Crippen LogP contribution in [0.5, 0.6) is 0 Å². The molecule has 0 aliphatic rings. The summed E-state index contributed by atoms with van der Waals surface area (Å²) in [4.78, 5) is 10.5. The van der Waals surface area contributed by atoms with Crippen LogP contribution in [0.2, 0.25) is 4.34 Å². The van der Waals surface area contributed by atoms with Gasteiger partial charge in [-0.1, -0.05) is 11.6 Å². The van der Waals surface area contributed by atoms with Crippen molar-refractivity contribution < 1.29 is 23.4 Å². The highest BCUT2D eigenvalue weighted by molar-refractivity contribution is 7.91. The Balaban J connectivity index is 2.79. The number of halogens is 1. The third-order valence-electron chi connectivity index (χ3n) is 2.27. The fraction of sp³-hybridized carbons (Fsp3) is 0.500. The van der Waals surface area contributed by atoms with Gasteiger partial charge in [0.05, 0.1) is 16.4 Å². The molecule has 0 fully saturated rings. The number of thiophene rings is 1. The van der Waals surface area contributed by atoms with E-state index in [4.69, 9.17) is 16.7 Å². The molecule has 0 bridgehead atoms. The number of aliphatic hydroxyl groups is 1. The van der Waals surface area contributed by atoms with E-state index in [9.17, 15) is 18.3 Å². The van der Waals surface area contributed by atoms with Gasteiger partial charge < -0.3 is 10.2 Å². The van der Waals surface area contributed by atoms with Crippen molar-refractivity contribution in [1.29, 1.82) is 0 Å². The van der Waals surface area contributed by atoms with E-state index in [1.54, 1.807) is 6.92 Å². The van der Waals surface area contributed by atoms with Gasteiger partial charge in [-0.25, -0.2) is 13.1 Å². The van der Waals surface area contributed by atoms with E-state index in [1.807, 2.05) is 0 Å². The number of aliphatic carboxylic acids is 1. The molecule has 1 aromatic heterocycles. The maximum Gasteiger partial charge on any atom is 0.306 e. The normalized spacial score (nSPS) is 15.2. The molecular formula is C10H14ClNO5S2. The average Bonchev–Trinajstić information content (AvgIpc) is 2.56. The number of carbonyl (C=O) groups is 1. The molecule has 0 saturated heterocycles. The van der Waals surface area contributed by atoms with Gasteiger partial charge in [0.1, 0.15) is 4.21 Å². The molecule has 0 aromatic carbocycles. The molecule has 1 heterocycles. The van der Waals surface area contributed by atoms with Gasteiger partial charge in [0.2, 0.25) is 10.0 Å². The van der Waals surface area contributed by atoms with Crippen molar-refractivity contribution in [2.75, 3.05) is 6.54 Å². The summed E-state index contributed by atoms with van der Waals surface area (Å²) in [6.07, 6.45) is -0.556. The molecule has 1 atom stereocenters. The van der Waals surface area contributed by atoms with Gasteiger partial charge in [0, 0.05) is 6.54 Å². The highest BCUT2D eigenvalue weighted by atomic mass is 35.5. The van der Waals surface area contributed by atoms with Crippen molar-refractivity contribution in [2.45, 2.75) is 30.1 Å². The maximum atomic E-state index is 11.9. The first-order chi connectivity index (χ1) is 8.53. The van der Waals surface area contributed by atoms with E-state index >= 15 is 0 Å². The number of carboxylic acid groups (broad SMARTS) is 1. The Kier molecular flexibility index (Phi) is 4.97. The van der Waals surface area contributed by atoms with Gasteiger partial charge in [-0.05, 0) is 25.5 Å². The van der Waals surface area contributed by atoms with Gasteiger partial charge in [0.25, 0.3) is 0 Å². The van der Waals surface area contributed by atoms with Crippen LogP contribution in [0.1, 0.15) is 18.9 Å². The van der Waals surface area contributed by atoms with Crippen LogP contribution in [-0.2, 0) is 14.8 Å². The monoisotopic (exact) mass is 327 g/mol. The molecule has 0 amide bonds. The first-order valence-corrected chi connectivity index (χ1v) is 7.91. The predicted octanol–water partition coefficient (Wildman–Crippen LogP) is 1.21. The van der Waals surface area contributed by atoms with Gasteiger partial charge in [0.15, 0.2) is 0 Å². The Hall–Kier alpha value is -0.670. The summed E-state index contributed by atoms with van der Waals surface area (Å²) < 4.78 is 26.4. The van der Waals surface area contributed by atoms with Gasteiger partial charge in [-0.3, -0.25) is 4.79 Å². The van der Waals surface area contributed by atoms with E-state index in [-0.39, 0.29) is 4.21 Å². The summed E-state index contributed by atoms with van der Waals surface area (Å²) in [5, 5.41) is 18.3. The Morgan fingerprint density at radius 2 is 2.16 bits per heavy atom. The molecule has 9 heteroatoms. The zero-order valence-corrected chi connectivity index (χ0v) is 12.7. The molecule has 1 aromatic rings. The molecule has 0 saturated carbocycles. The van der Waals surface area contributed by atoms with Crippen LogP contribution in [0.4, 0.5) is 0 Å². The van der Waals surface area contributed by atoms with Crippen LogP contribution < -0.4 is 4.72 Å². The summed E-state index contributed by atoms with van der Waals surface area (Å²) in [5.74, 6) is -1.21. The quantitative estimate of drug-likeness (QED) is 0.728. The number of carboxylic acids is 1. The fourth-order valence-corrected chi connectivity index (χ4v) is 4.19. The van der Waals surface area contributed by atoms with Crippen molar-refractivity contribution >= 4 is 38.9 Å². The Labute approximate surface area is 120 Å². The maximum absolute atomic E-state index is 11.9. The van der Waals surface area contributed by atoms with Crippen molar-refractivity contribution in [3.05, 3.63) is 16.0 Å². The zero-order valence-electron chi connectivity index (χ0n) is 10.3. The molecule has 1 unspecified atom stereocenters. The Morgan fingerprint density at radius 3 is 2.58 bits per heavy atom. The van der Waals surface area contributed by atoms with Crippen LogP contribution in [0.25, 0.3) is 0 Å². The largest absolute Gasteiger partial charge is 0.481 e. The van der Waals surface area contributed by atoms with Gasteiger partial charge in [-0.2, -0.15) is 0 Å². The highest BCUT2D eigenvalue weighted by Crippen LogP contribution is 2.30. The number of hydrogen-bond acceptors (Lipinski definition) is 5. The lowest BCUT2D eigenvalue weighted by atomic mass is 10.0. The lowest BCUT2D eigenvalue weighted by Crippen LogP contribution is -2.41. The predicted molar refractivity (Wildman–Crippen MR) is 72.1 cm³/mol. The zero-order chi connectivity index (χ0) is 14.8. The lowest BCUT2D eigenvalue weighted by Gasteiger charge is -2.21. The number of nitrogens with one attached hydrogen (secondary N) is 1. The minimum absolute atomic E-state index is 0.0288. The SMILES string of the molecule is Cc1cc(S(=O)(=O)NCC(C)(O)CC(=O)O)sc1Cl. The third kappa shape index (κ3) is 4.73. The van der Waals surface area contributed by atoms with Crippen LogP contribution in [0, 0.1) is 6.92 Å². The molecule has 1 rings (SSSR count). The first-order valence-electron chi connectivity index (χ1n) is 5.23. The molecule has 3 N–H and O–H groups in total. The molecule has 19 heavy (non-hydrogen) atoms. The van der Waals surface area contributed by atoms with E-state index in [0.29, 0.717) is 9.90 Å². The third-order valence-corrected chi connectivity index (χ3v) is 5.70. The van der Waals surface area contributed by atoms with Crippen molar-refractivity contribution in [3.63, 3.8) is 0 Å². The molecule has 108 valence electrons. The van der Waals surface area contributed by atoms with Crippen molar-refractivity contribution in [3.8, 4) is 0 Å². The minimum Gasteiger partial charge on any atom is -0.481 e. The number of hydrogen-bond donors (Lipinski definition) is 3. The number of sulfonamides is 1.